The summed E-state index contributed by atoms with van der Waals surface area (Å²) in [5.74, 6) is 1.15. The smallest absolute Gasteiger partial charge is 0.244 e. The molecule has 2 heterocycles. The number of rotatable bonds is 8. The molecule has 1 N–H and O–H groups in total. The van der Waals surface area contributed by atoms with Crippen molar-refractivity contribution in [3.8, 4) is 0 Å². The minimum absolute atomic E-state index is 0.227. The maximum absolute atomic E-state index is 13.1. The number of hydrogen-bond donors (Lipinski definition) is 1. The van der Waals surface area contributed by atoms with Crippen LogP contribution < -0.4 is 5.32 Å². The van der Waals surface area contributed by atoms with Crippen molar-refractivity contribution in [3.05, 3.63) is 47.5 Å². The molecule has 1 fully saturated rings. The number of thioether (sulfide) groups is 1. The highest BCUT2D eigenvalue weighted by molar-refractivity contribution is 7.99. The van der Waals surface area contributed by atoms with E-state index >= 15 is 0 Å². The van der Waals surface area contributed by atoms with Gasteiger partial charge in [0.15, 0.2) is 5.16 Å². The SMILES string of the molecule is Cn1c(CCNC(=O)/C=C/c2cccc(F)c2)nnc1SC[C@@H]1CCCO1. The molecule has 1 aromatic heterocycles. The number of hydrogen-bond acceptors (Lipinski definition) is 5. The molecule has 1 amide bonds. The molecule has 1 aliphatic rings. The van der Waals surface area contributed by atoms with Gasteiger partial charge in [0.1, 0.15) is 11.6 Å². The van der Waals surface area contributed by atoms with Crippen molar-refractivity contribution in [2.24, 2.45) is 7.05 Å². The van der Waals surface area contributed by atoms with Crippen LogP contribution in [-0.4, -0.2) is 45.7 Å². The van der Waals surface area contributed by atoms with E-state index in [4.69, 9.17) is 4.74 Å². The van der Waals surface area contributed by atoms with Crippen LogP contribution in [0.3, 0.4) is 0 Å². The van der Waals surface area contributed by atoms with Gasteiger partial charge in [0.25, 0.3) is 0 Å². The van der Waals surface area contributed by atoms with Gasteiger partial charge in [-0.25, -0.2) is 4.39 Å². The summed E-state index contributed by atoms with van der Waals surface area (Å²) in [6, 6.07) is 6.09. The highest BCUT2D eigenvalue weighted by atomic mass is 32.2. The fourth-order valence-electron chi connectivity index (χ4n) is 2.77. The Morgan fingerprint density at radius 2 is 2.37 bits per heavy atom. The first-order valence-corrected chi connectivity index (χ1v) is 9.94. The molecule has 1 aromatic carbocycles. The van der Waals surface area contributed by atoms with Gasteiger partial charge < -0.3 is 14.6 Å². The number of amides is 1. The number of aromatic nitrogens is 3. The van der Waals surface area contributed by atoms with Gasteiger partial charge in [-0.05, 0) is 36.6 Å². The predicted molar refractivity (Wildman–Crippen MR) is 103 cm³/mol. The van der Waals surface area contributed by atoms with Crippen molar-refractivity contribution in [1.82, 2.24) is 20.1 Å². The second-order valence-corrected chi connectivity index (χ2v) is 7.32. The number of carbonyl (C=O) groups excluding carboxylic acids is 1. The number of halogens is 1. The van der Waals surface area contributed by atoms with Crippen LogP contribution in [0.1, 0.15) is 24.2 Å². The summed E-state index contributed by atoms with van der Waals surface area (Å²) in [6.07, 6.45) is 6.10. The molecule has 3 rings (SSSR count). The topological polar surface area (TPSA) is 69.0 Å². The summed E-state index contributed by atoms with van der Waals surface area (Å²) >= 11 is 1.65. The summed E-state index contributed by atoms with van der Waals surface area (Å²) in [5.41, 5.74) is 0.645. The summed E-state index contributed by atoms with van der Waals surface area (Å²) < 4.78 is 20.7. The number of ether oxygens (including phenoxy) is 1. The molecule has 0 bridgehead atoms. The zero-order valence-electron chi connectivity index (χ0n) is 15.2. The standard InChI is InChI=1S/C19H23FN4O2S/c1-24-17(22-23-19(24)27-13-16-6-3-11-26-16)9-10-21-18(25)8-7-14-4-2-5-15(20)12-14/h2,4-5,7-8,12,16H,3,6,9-11,13H2,1H3,(H,21,25)/b8-7+/t16-/m0/s1. The van der Waals surface area contributed by atoms with Gasteiger partial charge >= 0.3 is 0 Å². The maximum atomic E-state index is 13.1. The van der Waals surface area contributed by atoms with Crippen LogP contribution >= 0.6 is 11.8 Å². The van der Waals surface area contributed by atoms with Crippen LogP contribution in [0.25, 0.3) is 6.08 Å². The zero-order chi connectivity index (χ0) is 19.1. The van der Waals surface area contributed by atoms with Gasteiger partial charge in [-0.15, -0.1) is 10.2 Å². The molecular weight excluding hydrogens is 367 g/mol. The van der Waals surface area contributed by atoms with E-state index in [1.54, 1.807) is 30.0 Å². The normalized spacial score (nSPS) is 16.9. The Balaban J connectivity index is 1.42. The molecule has 1 saturated heterocycles. The van der Waals surface area contributed by atoms with E-state index in [1.165, 1.54) is 18.2 Å². The van der Waals surface area contributed by atoms with Crippen LogP contribution in [0.15, 0.2) is 35.5 Å². The van der Waals surface area contributed by atoms with Crippen LogP contribution in [0.5, 0.6) is 0 Å². The van der Waals surface area contributed by atoms with Crippen molar-refractivity contribution in [3.63, 3.8) is 0 Å². The molecule has 1 atom stereocenters. The number of benzene rings is 1. The first kappa shape index (κ1) is 19.6. The predicted octanol–water partition coefficient (Wildman–Crippen LogP) is 2.60. The Hall–Kier alpha value is -2.19. The fourth-order valence-corrected chi connectivity index (χ4v) is 3.77. The third kappa shape index (κ3) is 5.90. The van der Waals surface area contributed by atoms with E-state index in [2.05, 4.69) is 15.5 Å². The molecule has 2 aromatic rings. The van der Waals surface area contributed by atoms with E-state index in [-0.39, 0.29) is 11.7 Å². The Bertz CT molecular complexity index is 803. The lowest BCUT2D eigenvalue weighted by atomic mass is 10.2. The number of nitrogens with zero attached hydrogens (tertiary/aromatic N) is 3. The fraction of sp³-hybridized carbons (Fsp3) is 0.421. The van der Waals surface area contributed by atoms with Crippen molar-refractivity contribution in [2.75, 3.05) is 18.9 Å². The quantitative estimate of drug-likeness (QED) is 0.554. The van der Waals surface area contributed by atoms with Gasteiger partial charge in [0.05, 0.1) is 6.10 Å². The van der Waals surface area contributed by atoms with E-state index in [0.717, 1.165) is 36.2 Å². The van der Waals surface area contributed by atoms with Crippen LogP contribution in [0, 0.1) is 5.82 Å². The average molecular weight is 390 g/mol. The highest BCUT2D eigenvalue weighted by Gasteiger charge is 2.17. The summed E-state index contributed by atoms with van der Waals surface area (Å²) in [5, 5.41) is 12.1. The first-order valence-electron chi connectivity index (χ1n) is 8.96. The first-order chi connectivity index (χ1) is 13.1. The van der Waals surface area contributed by atoms with Crippen molar-refractivity contribution >= 4 is 23.7 Å². The molecule has 27 heavy (non-hydrogen) atoms. The highest BCUT2D eigenvalue weighted by Crippen LogP contribution is 2.22. The van der Waals surface area contributed by atoms with Crippen LogP contribution in [0.4, 0.5) is 4.39 Å². The van der Waals surface area contributed by atoms with Crippen molar-refractivity contribution < 1.29 is 13.9 Å². The second kappa shape index (κ2) is 9.66. The molecular formula is C19H23FN4O2S. The molecule has 0 saturated carbocycles. The summed E-state index contributed by atoms with van der Waals surface area (Å²) in [7, 11) is 1.93. The molecule has 1 aliphatic heterocycles. The number of carbonyl (C=O) groups is 1. The molecule has 0 radical (unpaired) electrons. The molecule has 144 valence electrons. The van der Waals surface area contributed by atoms with E-state index in [1.807, 2.05) is 11.6 Å². The van der Waals surface area contributed by atoms with Crippen molar-refractivity contribution in [1.29, 1.82) is 0 Å². The molecule has 0 spiro atoms. The lowest BCUT2D eigenvalue weighted by Crippen LogP contribution is -2.24. The molecule has 8 heteroatoms. The second-order valence-electron chi connectivity index (χ2n) is 6.33. The molecule has 0 unspecified atom stereocenters. The van der Waals surface area contributed by atoms with Gasteiger partial charge in [-0.1, -0.05) is 23.9 Å². The lowest BCUT2D eigenvalue weighted by molar-refractivity contribution is -0.116. The summed E-state index contributed by atoms with van der Waals surface area (Å²) in [6.45, 7) is 1.30. The van der Waals surface area contributed by atoms with Gasteiger partial charge in [0.2, 0.25) is 5.91 Å². The Morgan fingerprint density at radius 3 is 3.15 bits per heavy atom. The Kier molecular flexibility index (Phi) is 7.00. The molecule has 0 aliphatic carbocycles. The Morgan fingerprint density at radius 1 is 1.48 bits per heavy atom. The monoisotopic (exact) mass is 390 g/mol. The lowest BCUT2D eigenvalue weighted by Gasteiger charge is -2.08. The van der Waals surface area contributed by atoms with Gasteiger partial charge in [-0.3, -0.25) is 4.79 Å². The van der Waals surface area contributed by atoms with E-state index in [9.17, 15) is 9.18 Å². The third-order valence-electron chi connectivity index (χ3n) is 4.27. The zero-order valence-corrected chi connectivity index (χ0v) is 16.0. The number of nitrogens with one attached hydrogen (secondary N) is 1. The average Bonchev–Trinajstić information content (AvgIpc) is 3.29. The van der Waals surface area contributed by atoms with E-state index < -0.39 is 0 Å². The Labute approximate surface area is 162 Å². The van der Waals surface area contributed by atoms with Gasteiger partial charge in [-0.2, -0.15) is 0 Å². The van der Waals surface area contributed by atoms with Crippen LogP contribution in [0.2, 0.25) is 0 Å². The van der Waals surface area contributed by atoms with Gasteiger partial charge in [0, 0.05) is 38.4 Å². The third-order valence-corrected chi connectivity index (χ3v) is 5.42. The van der Waals surface area contributed by atoms with Crippen molar-refractivity contribution in [2.45, 2.75) is 30.5 Å². The van der Waals surface area contributed by atoms with E-state index in [0.29, 0.717) is 24.6 Å². The maximum Gasteiger partial charge on any atom is 0.244 e. The molecule has 6 nitrogen and oxygen atoms in total. The largest absolute Gasteiger partial charge is 0.377 e. The minimum atomic E-state index is -0.326. The van der Waals surface area contributed by atoms with Crippen LogP contribution in [-0.2, 0) is 23.0 Å². The summed E-state index contributed by atoms with van der Waals surface area (Å²) in [4.78, 5) is 11.9. The minimum Gasteiger partial charge on any atom is -0.377 e.